The van der Waals surface area contributed by atoms with Crippen LogP contribution < -0.4 is 14.4 Å². The number of sulfonamides is 1. The van der Waals surface area contributed by atoms with E-state index in [9.17, 15) is 18.0 Å². The van der Waals surface area contributed by atoms with Gasteiger partial charge in [-0.25, -0.2) is 8.42 Å². The Hall–Kier alpha value is -4.34. The van der Waals surface area contributed by atoms with Crippen LogP contribution in [0.2, 0.25) is 5.02 Å². The number of para-hydroxylation sites is 1. The van der Waals surface area contributed by atoms with E-state index in [1.54, 1.807) is 67.6 Å². The second-order valence-corrected chi connectivity index (χ2v) is 13.4. The maximum atomic E-state index is 14.1. The summed E-state index contributed by atoms with van der Waals surface area (Å²) in [7, 11) is -4.20. The van der Waals surface area contributed by atoms with E-state index in [2.05, 4.69) is 5.32 Å². The number of carbonyl (C=O) groups excluding carboxylic acids is 2. The molecule has 45 heavy (non-hydrogen) atoms. The van der Waals surface area contributed by atoms with Gasteiger partial charge in [0.05, 0.1) is 10.6 Å². The van der Waals surface area contributed by atoms with Crippen LogP contribution in [0.3, 0.4) is 0 Å². The number of anilines is 1. The van der Waals surface area contributed by atoms with Crippen LogP contribution >= 0.6 is 11.6 Å². The first-order valence-corrected chi connectivity index (χ1v) is 16.5. The number of nitrogens with zero attached hydrogens (tertiary/aromatic N) is 2. The van der Waals surface area contributed by atoms with Gasteiger partial charge in [-0.1, -0.05) is 79.5 Å². The summed E-state index contributed by atoms with van der Waals surface area (Å²) in [5.74, 6) is 0.420. The minimum atomic E-state index is -4.20. The maximum Gasteiger partial charge on any atom is 0.264 e. The molecule has 0 saturated heterocycles. The van der Waals surface area contributed by atoms with Crippen molar-refractivity contribution in [1.82, 2.24) is 10.2 Å². The number of ether oxygens (including phenoxy) is 1. The zero-order valence-corrected chi connectivity index (χ0v) is 27.4. The normalized spacial score (nSPS) is 12.0. The lowest BCUT2D eigenvalue weighted by Crippen LogP contribution is -2.51. The molecule has 0 aliphatic carbocycles. The van der Waals surface area contributed by atoms with Crippen LogP contribution in [0.4, 0.5) is 5.69 Å². The summed E-state index contributed by atoms with van der Waals surface area (Å²) in [6.07, 6.45) is 0. The fraction of sp³-hybridized carbons (Fsp3) is 0.257. The minimum absolute atomic E-state index is 0.0110. The van der Waals surface area contributed by atoms with Gasteiger partial charge in [0.25, 0.3) is 10.0 Å². The first-order valence-electron chi connectivity index (χ1n) is 14.7. The average molecular weight is 648 g/mol. The van der Waals surface area contributed by atoms with Crippen LogP contribution in [0.15, 0.2) is 108 Å². The van der Waals surface area contributed by atoms with Gasteiger partial charge >= 0.3 is 0 Å². The Balaban J connectivity index is 1.70. The van der Waals surface area contributed by atoms with E-state index in [0.29, 0.717) is 28.6 Å². The topological polar surface area (TPSA) is 96.0 Å². The third-order valence-corrected chi connectivity index (χ3v) is 9.30. The molecule has 0 radical (unpaired) electrons. The molecule has 0 aliphatic heterocycles. The van der Waals surface area contributed by atoms with Crippen molar-refractivity contribution in [2.24, 2.45) is 5.92 Å². The molecule has 0 aliphatic rings. The van der Waals surface area contributed by atoms with Crippen molar-refractivity contribution >= 4 is 39.1 Å². The van der Waals surface area contributed by atoms with Gasteiger partial charge < -0.3 is 15.0 Å². The highest BCUT2D eigenvalue weighted by molar-refractivity contribution is 7.92. The van der Waals surface area contributed by atoms with Gasteiger partial charge in [0.2, 0.25) is 11.8 Å². The SMILES string of the molecule is Cc1ccc(S(=O)(=O)N(CC(=O)N(Cc2ccccc2Cl)[C@H](C)C(=O)NCC(C)C)c2ccc(Oc3ccccc3)cc2)cc1. The molecule has 10 heteroatoms. The van der Waals surface area contributed by atoms with Gasteiger partial charge in [-0.3, -0.25) is 13.9 Å². The average Bonchev–Trinajstić information content (AvgIpc) is 3.02. The van der Waals surface area contributed by atoms with E-state index >= 15 is 0 Å². The van der Waals surface area contributed by atoms with Crippen LogP contribution in [0, 0.1) is 12.8 Å². The number of aryl methyl sites for hydroxylation is 1. The number of rotatable bonds is 13. The molecule has 0 heterocycles. The molecule has 0 aromatic heterocycles. The highest BCUT2D eigenvalue weighted by Gasteiger charge is 2.33. The van der Waals surface area contributed by atoms with E-state index in [1.807, 2.05) is 51.1 Å². The van der Waals surface area contributed by atoms with Crippen molar-refractivity contribution in [3.05, 3.63) is 119 Å². The van der Waals surface area contributed by atoms with Gasteiger partial charge in [0, 0.05) is 18.1 Å². The summed E-state index contributed by atoms with van der Waals surface area (Å²) < 4.78 is 35.1. The second kappa shape index (κ2) is 15.1. The Morgan fingerprint density at radius 2 is 1.42 bits per heavy atom. The van der Waals surface area contributed by atoms with Crippen molar-refractivity contribution in [2.75, 3.05) is 17.4 Å². The van der Waals surface area contributed by atoms with Crippen molar-refractivity contribution in [3.8, 4) is 11.5 Å². The molecule has 0 spiro atoms. The van der Waals surface area contributed by atoms with Crippen LogP contribution in [0.1, 0.15) is 31.9 Å². The predicted octanol–water partition coefficient (Wildman–Crippen LogP) is 6.83. The van der Waals surface area contributed by atoms with Gasteiger partial charge in [-0.05, 0) is 79.9 Å². The van der Waals surface area contributed by atoms with Crippen molar-refractivity contribution in [2.45, 2.75) is 45.2 Å². The molecular formula is C35H38ClN3O5S. The number of halogens is 1. The molecule has 1 atom stereocenters. The van der Waals surface area contributed by atoms with Crippen LogP contribution in [-0.2, 0) is 26.2 Å². The third-order valence-electron chi connectivity index (χ3n) is 7.14. The van der Waals surface area contributed by atoms with Crippen LogP contribution in [0.25, 0.3) is 0 Å². The summed E-state index contributed by atoms with van der Waals surface area (Å²) in [5, 5.41) is 3.31. The number of carbonyl (C=O) groups is 2. The Bertz CT molecular complexity index is 1700. The van der Waals surface area contributed by atoms with Crippen molar-refractivity contribution < 1.29 is 22.7 Å². The number of hydrogen-bond acceptors (Lipinski definition) is 5. The van der Waals surface area contributed by atoms with Gasteiger partial charge in [-0.2, -0.15) is 0 Å². The zero-order valence-electron chi connectivity index (χ0n) is 25.8. The van der Waals surface area contributed by atoms with Crippen molar-refractivity contribution in [1.29, 1.82) is 0 Å². The van der Waals surface area contributed by atoms with Crippen molar-refractivity contribution in [3.63, 3.8) is 0 Å². The summed E-state index contributed by atoms with van der Waals surface area (Å²) in [4.78, 5) is 28.7. The quantitative estimate of drug-likeness (QED) is 0.172. The lowest BCUT2D eigenvalue weighted by Gasteiger charge is -2.32. The minimum Gasteiger partial charge on any atom is -0.457 e. The lowest BCUT2D eigenvalue weighted by molar-refractivity contribution is -0.139. The zero-order chi connectivity index (χ0) is 32.6. The van der Waals surface area contributed by atoms with Gasteiger partial charge in [0.15, 0.2) is 0 Å². The Labute approximate surface area is 270 Å². The van der Waals surface area contributed by atoms with Crippen LogP contribution in [0.5, 0.6) is 11.5 Å². The monoisotopic (exact) mass is 647 g/mol. The van der Waals surface area contributed by atoms with E-state index in [1.165, 1.54) is 17.0 Å². The molecule has 0 saturated carbocycles. The molecule has 4 rings (SSSR count). The molecule has 0 unspecified atom stereocenters. The van der Waals surface area contributed by atoms with E-state index in [0.717, 1.165) is 9.87 Å². The summed E-state index contributed by atoms with van der Waals surface area (Å²) in [6.45, 7) is 7.32. The third kappa shape index (κ3) is 8.86. The molecule has 4 aromatic carbocycles. The summed E-state index contributed by atoms with van der Waals surface area (Å²) in [6, 6.07) is 28.3. The standard InChI is InChI=1S/C35H38ClN3O5S/c1-25(2)22-37-35(41)27(4)38(23-28-10-8-9-13-33(28)36)34(40)24-39(45(42,43)32-20-14-26(3)15-21-32)29-16-18-31(19-17-29)44-30-11-6-5-7-12-30/h5-21,25,27H,22-24H2,1-4H3,(H,37,41)/t27-/m1/s1. The van der Waals surface area contributed by atoms with Gasteiger partial charge in [0.1, 0.15) is 24.1 Å². The molecule has 1 N–H and O–H groups in total. The van der Waals surface area contributed by atoms with Gasteiger partial charge in [-0.15, -0.1) is 0 Å². The Kier molecular flexibility index (Phi) is 11.3. The fourth-order valence-electron chi connectivity index (χ4n) is 4.52. The molecule has 0 bridgehead atoms. The molecule has 236 valence electrons. The number of benzene rings is 4. The molecule has 2 amide bonds. The maximum absolute atomic E-state index is 14.1. The second-order valence-electron chi connectivity index (χ2n) is 11.2. The van der Waals surface area contributed by atoms with E-state index < -0.39 is 28.5 Å². The number of hydrogen-bond donors (Lipinski definition) is 1. The Morgan fingerprint density at radius 1 is 0.822 bits per heavy atom. The highest BCUT2D eigenvalue weighted by atomic mass is 35.5. The molecule has 0 fully saturated rings. The van der Waals surface area contributed by atoms with E-state index in [-0.39, 0.29) is 29.0 Å². The predicted molar refractivity (Wildman–Crippen MR) is 178 cm³/mol. The summed E-state index contributed by atoms with van der Waals surface area (Å²) in [5.41, 5.74) is 1.79. The molecule has 4 aromatic rings. The fourth-order valence-corrected chi connectivity index (χ4v) is 6.13. The summed E-state index contributed by atoms with van der Waals surface area (Å²) >= 11 is 6.44. The van der Waals surface area contributed by atoms with E-state index in [4.69, 9.17) is 16.3 Å². The number of nitrogens with one attached hydrogen (secondary N) is 1. The largest absolute Gasteiger partial charge is 0.457 e. The molecular weight excluding hydrogens is 610 g/mol. The first kappa shape index (κ1) is 33.6. The number of amides is 2. The first-order chi connectivity index (χ1) is 21.5. The smallest absolute Gasteiger partial charge is 0.264 e. The lowest BCUT2D eigenvalue weighted by atomic mass is 10.1. The highest BCUT2D eigenvalue weighted by Crippen LogP contribution is 2.29. The Morgan fingerprint density at radius 3 is 2.04 bits per heavy atom. The van der Waals surface area contributed by atoms with Crippen LogP contribution in [-0.4, -0.2) is 44.3 Å². The molecule has 8 nitrogen and oxygen atoms in total.